The Morgan fingerprint density at radius 3 is 2.28 bits per heavy atom. The van der Waals surface area contributed by atoms with Gasteiger partial charge in [0.15, 0.2) is 0 Å². The van der Waals surface area contributed by atoms with Gasteiger partial charge in [-0.1, -0.05) is 5.78 Å². The van der Waals surface area contributed by atoms with Gasteiger partial charge < -0.3 is 46.8 Å². The second kappa shape index (κ2) is 12.5. The fraction of sp³-hybridized carbons (Fsp3) is 0.381. The molecule has 1 saturated carbocycles. The van der Waals surface area contributed by atoms with Crippen LogP contribution in [0, 0.1) is 62.3 Å². The summed E-state index contributed by atoms with van der Waals surface area (Å²) in [7, 11) is 0. The topological polar surface area (TPSA) is 95.5 Å². The van der Waals surface area contributed by atoms with Crippen molar-refractivity contribution in [3.05, 3.63) is 62.3 Å². The van der Waals surface area contributed by atoms with Crippen LogP contribution in [0.3, 0.4) is 0 Å². The van der Waals surface area contributed by atoms with E-state index in [2.05, 4.69) is 67.0 Å². The number of Topliss-reactive ketones (excluding diaryl/α,β-unsaturated/α-hetero) is 1. The Labute approximate surface area is 190 Å². The van der Waals surface area contributed by atoms with Crippen LogP contribution in [-0.4, -0.2) is 45.5 Å². The zero-order valence-electron chi connectivity index (χ0n) is 15.7. The van der Waals surface area contributed by atoms with Crippen molar-refractivity contribution in [1.29, 1.82) is 0 Å². The fourth-order valence-electron chi connectivity index (χ4n) is 2.49. The fourth-order valence-corrected chi connectivity index (χ4v) is 3.89. The predicted molar refractivity (Wildman–Crippen MR) is 99.7 cm³/mol. The second-order valence-corrected chi connectivity index (χ2v) is 8.23. The molecule has 0 aromatic heterocycles. The van der Waals surface area contributed by atoms with Gasteiger partial charge in [0.2, 0.25) is 5.91 Å². The van der Waals surface area contributed by atoms with Crippen molar-refractivity contribution >= 4 is 29.4 Å². The SMILES string of the molecule is CC1(C)S[C@H](CNC(=O)CCC(=O)[C-]2[C-][C-][C-][C-]2)N[C@H]1C(=O)O.[C]1=[C][C-][C]=[C]1.[Ru]. The van der Waals surface area contributed by atoms with E-state index in [1.807, 2.05) is 13.8 Å². The molecule has 3 aliphatic rings. The molecule has 0 aromatic rings. The van der Waals surface area contributed by atoms with Gasteiger partial charge >= 0.3 is 5.97 Å². The Balaban J connectivity index is 0.000000610. The molecule has 1 aliphatic heterocycles. The maximum Gasteiger partial charge on any atom is 0.322 e. The third kappa shape index (κ3) is 8.57. The molecule has 1 saturated heterocycles. The largest absolute Gasteiger partial charge is 0.997 e. The van der Waals surface area contributed by atoms with Gasteiger partial charge in [0.1, 0.15) is 6.04 Å². The molecule has 6 nitrogen and oxygen atoms in total. The number of carbonyl (C=O) groups is 3. The molecular weight excluding hydrogens is 477 g/mol. The number of hydrogen-bond acceptors (Lipinski definition) is 5. The molecule has 0 spiro atoms. The summed E-state index contributed by atoms with van der Waals surface area (Å²) in [6, 6.07) is -0.660. The number of rotatable bonds is 7. The zero-order valence-corrected chi connectivity index (χ0v) is 18.3. The molecule has 3 N–H and O–H groups in total. The monoisotopic (exact) mass is 495 g/mol. The van der Waals surface area contributed by atoms with Crippen LogP contribution in [0.2, 0.25) is 0 Å². The molecule has 2 fully saturated rings. The van der Waals surface area contributed by atoms with Crippen molar-refractivity contribution in [3.8, 4) is 0 Å². The first-order valence-electron chi connectivity index (χ1n) is 8.40. The third-order valence-electron chi connectivity index (χ3n) is 3.83. The molecule has 0 aromatic carbocycles. The molecule has 1 heterocycles. The number of carboxylic acid groups (broad SMARTS) is 1. The summed E-state index contributed by atoms with van der Waals surface area (Å²) < 4.78 is -0.451. The minimum absolute atomic E-state index is 0. The van der Waals surface area contributed by atoms with E-state index in [-0.39, 0.29) is 55.3 Å². The van der Waals surface area contributed by atoms with Gasteiger partial charge in [-0.2, -0.15) is 18.6 Å². The van der Waals surface area contributed by atoms with E-state index in [1.54, 1.807) is 0 Å². The number of allylic oxidation sites excluding steroid dienone is 4. The van der Waals surface area contributed by atoms with Crippen LogP contribution in [0.15, 0.2) is 0 Å². The van der Waals surface area contributed by atoms with E-state index in [0.717, 1.165) is 0 Å². The quantitative estimate of drug-likeness (QED) is 0.356. The molecule has 1 amide bonds. The van der Waals surface area contributed by atoms with Gasteiger partial charge in [-0.15, -0.1) is 11.8 Å². The first-order valence-corrected chi connectivity index (χ1v) is 9.28. The van der Waals surface area contributed by atoms with Gasteiger partial charge in [0.05, 0.1) is 5.37 Å². The molecule has 0 bridgehead atoms. The number of carbonyl (C=O) groups excluding carboxylic acids is 2. The number of amides is 1. The Morgan fingerprint density at radius 1 is 1.17 bits per heavy atom. The standard InChI is InChI=1S/C16H17N2O4S.C5.Ru/c1-16(2)14(15(21)22)18-13(23-16)9-17-12(20)8-7-11(19)10-5-3-4-6-10;1-2-4-5-3-1;/h13-14,18H,7-9H2,1-2H3,(H,17,20)(H,21,22);;/q-5;-1;/t13-,14+;;/m1../s1. The van der Waals surface area contributed by atoms with Crippen molar-refractivity contribution in [2.45, 2.75) is 42.9 Å². The van der Waals surface area contributed by atoms with Crippen molar-refractivity contribution in [3.63, 3.8) is 0 Å². The van der Waals surface area contributed by atoms with Crippen LogP contribution >= 0.6 is 11.8 Å². The van der Waals surface area contributed by atoms with Gasteiger partial charge in [-0.25, -0.2) is 12.2 Å². The number of hydrogen-bond donors (Lipinski definition) is 3. The van der Waals surface area contributed by atoms with Crippen LogP contribution in [0.5, 0.6) is 0 Å². The van der Waals surface area contributed by atoms with E-state index in [1.165, 1.54) is 11.8 Å². The van der Waals surface area contributed by atoms with E-state index < -0.39 is 16.8 Å². The summed E-state index contributed by atoms with van der Waals surface area (Å²) in [6.07, 6.45) is 22.8. The molecule has 2 atom stereocenters. The number of ketones is 1. The first kappa shape index (κ1) is 25.8. The van der Waals surface area contributed by atoms with Gasteiger partial charge in [0, 0.05) is 37.2 Å². The summed E-state index contributed by atoms with van der Waals surface area (Å²) in [5, 5.41) is 14.7. The average molecular weight is 495 g/mol. The predicted octanol–water partition coefficient (Wildman–Crippen LogP) is 0.663. The Bertz CT molecular complexity index is 620. The molecule has 9 radical (unpaired) electrons. The van der Waals surface area contributed by atoms with Gasteiger partial charge in [-0.3, -0.25) is 14.9 Å². The molecular formula is C21H17N2O4RuS-6. The Morgan fingerprint density at radius 2 is 1.79 bits per heavy atom. The third-order valence-corrected chi connectivity index (χ3v) is 5.26. The summed E-state index contributed by atoms with van der Waals surface area (Å²) in [5.41, 5.74) is 0. The summed E-state index contributed by atoms with van der Waals surface area (Å²) in [4.78, 5) is 34.7. The van der Waals surface area contributed by atoms with Gasteiger partial charge in [-0.05, 0) is 20.3 Å². The molecule has 3 rings (SSSR count). The number of nitrogens with one attached hydrogen (secondary N) is 2. The van der Waals surface area contributed by atoms with Crippen molar-refractivity contribution in [2.75, 3.05) is 6.54 Å². The van der Waals surface area contributed by atoms with Crippen molar-refractivity contribution in [2.24, 2.45) is 0 Å². The summed E-state index contributed by atoms with van der Waals surface area (Å²) in [6.45, 7) is 4.01. The minimum atomic E-state index is -0.905. The second-order valence-electron chi connectivity index (χ2n) is 6.38. The maximum atomic E-state index is 11.8. The summed E-state index contributed by atoms with van der Waals surface area (Å²) >= 11 is 1.48. The first-order chi connectivity index (χ1) is 13.3. The van der Waals surface area contributed by atoms with Crippen LogP contribution in [0.4, 0.5) is 0 Å². The minimum Gasteiger partial charge on any atom is -0.997 e. The average Bonchev–Trinajstić information content (AvgIpc) is 3.39. The number of carboxylic acids is 1. The summed E-state index contributed by atoms with van der Waals surface area (Å²) in [5.74, 6) is -1.12. The smallest absolute Gasteiger partial charge is 0.322 e. The van der Waals surface area contributed by atoms with E-state index in [9.17, 15) is 14.4 Å². The number of thioether (sulfide) groups is 1. The van der Waals surface area contributed by atoms with Crippen molar-refractivity contribution < 1.29 is 39.0 Å². The van der Waals surface area contributed by atoms with Crippen molar-refractivity contribution in [1.82, 2.24) is 10.6 Å². The molecule has 8 heteroatoms. The van der Waals surface area contributed by atoms with Crippen LogP contribution in [0.25, 0.3) is 0 Å². The van der Waals surface area contributed by atoms with Crippen LogP contribution in [-0.2, 0) is 33.9 Å². The van der Waals surface area contributed by atoms with E-state index >= 15 is 0 Å². The molecule has 0 unspecified atom stereocenters. The van der Waals surface area contributed by atoms with Gasteiger partial charge in [0.25, 0.3) is 0 Å². The Kier molecular flexibility index (Phi) is 11.1. The van der Waals surface area contributed by atoms with E-state index in [0.29, 0.717) is 6.54 Å². The number of aliphatic carboxylic acids is 1. The van der Waals surface area contributed by atoms with Crippen LogP contribution in [0.1, 0.15) is 26.7 Å². The molecule has 29 heavy (non-hydrogen) atoms. The molecule has 2 aliphatic carbocycles. The van der Waals surface area contributed by atoms with Crippen LogP contribution < -0.4 is 10.6 Å². The van der Waals surface area contributed by atoms with E-state index in [4.69, 9.17) is 5.11 Å². The maximum absolute atomic E-state index is 11.8. The normalized spacial score (nSPS) is 23.6. The zero-order chi connectivity index (χ0) is 20.6. The Hall–Kier alpha value is -1.24. The molecule has 155 valence electrons.